The van der Waals surface area contributed by atoms with Gasteiger partial charge < -0.3 is 15.5 Å². The zero-order valence-corrected chi connectivity index (χ0v) is 16.8. The lowest BCUT2D eigenvalue weighted by Gasteiger charge is -2.20. The van der Waals surface area contributed by atoms with Gasteiger partial charge in [-0.1, -0.05) is 42.5 Å². The van der Waals surface area contributed by atoms with Gasteiger partial charge in [0.05, 0.1) is 0 Å². The first-order chi connectivity index (χ1) is 14.2. The monoisotopic (exact) mass is 391 g/mol. The Morgan fingerprint density at radius 1 is 1.03 bits per heavy atom. The molecule has 1 heterocycles. The van der Waals surface area contributed by atoms with E-state index in [9.17, 15) is 9.59 Å². The highest BCUT2D eigenvalue weighted by molar-refractivity contribution is 5.90. The van der Waals surface area contributed by atoms with Crippen LogP contribution in [0.3, 0.4) is 0 Å². The van der Waals surface area contributed by atoms with E-state index in [-0.39, 0.29) is 17.9 Å². The van der Waals surface area contributed by atoms with E-state index in [0.717, 1.165) is 31.5 Å². The molecule has 0 radical (unpaired) electrons. The molecule has 0 unspecified atom stereocenters. The highest BCUT2D eigenvalue weighted by Gasteiger charge is 2.29. The molecule has 2 N–H and O–H groups in total. The van der Waals surface area contributed by atoms with Crippen molar-refractivity contribution in [3.8, 4) is 0 Å². The van der Waals surface area contributed by atoms with Gasteiger partial charge in [0.25, 0.3) is 0 Å². The number of likely N-dealkylation sites (tertiary alicyclic amines) is 1. The van der Waals surface area contributed by atoms with E-state index in [0.29, 0.717) is 19.5 Å². The average Bonchev–Trinajstić information content (AvgIpc) is 3.11. The number of aryl methyl sites for hydroxylation is 1. The minimum Gasteiger partial charge on any atom is -0.342 e. The zero-order valence-electron chi connectivity index (χ0n) is 16.8. The number of nitrogens with zero attached hydrogens (tertiary/aromatic N) is 1. The number of rotatable bonds is 6. The molecule has 3 amide bonds. The lowest BCUT2D eigenvalue weighted by atomic mass is 9.90. The number of amides is 3. The van der Waals surface area contributed by atoms with Crippen molar-refractivity contribution >= 4 is 17.6 Å². The molecule has 2 aliphatic rings. The van der Waals surface area contributed by atoms with Crippen LogP contribution in [0, 0.1) is 5.92 Å². The minimum atomic E-state index is -0.181. The summed E-state index contributed by atoms with van der Waals surface area (Å²) in [6, 6.07) is 16.2. The van der Waals surface area contributed by atoms with Crippen molar-refractivity contribution in [1.82, 2.24) is 10.2 Å². The number of carbonyl (C=O) groups is 2. The Labute approximate surface area is 172 Å². The number of fused-ring (bicyclic) bond motifs is 1. The van der Waals surface area contributed by atoms with Crippen LogP contribution in [0.2, 0.25) is 0 Å². The summed E-state index contributed by atoms with van der Waals surface area (Å²) in [5.74, 6) is 0.360. The second-order valence-electron chi connectivity index (χ2n) is 8.13. The van der Waals surface area contributed by atoms with Gasteiger partial charge in [0, 0.05) is 37.7 Å². The van der Waals surface area contributed by atoms with Crippen LogP contribution in [0.4, 0.5) is 10.5 Å². The number of urea groups is 1. The van der Waals surface area contributed by atoms with Crippen LogP contribution >= 0.6 is 0 Å². The summed E-state index contributed by atoms with van der Waals surface area (Å²) in [6.07, 6.45) is 5.90. The molecule has 5 heteroatoms. The summed E-state index contributed by atoms with van der Waals surface area (Å²) >= 11 is 0. The summed E-state index contributed by atoms with van der Waals surface area (Å²) in [7, 11) is 0. The van der Waals surface area contributed by atoms with Gasteiger partial charge in [-0.15, -0.1) is 0 Å². The van der Waals surface area contributed by atoms with Gasteiger partial charge in [0.15, 0.2) is 0 Å². The van der Waals surface area contributed by atoms with Crippen LogP contribution in [-0.2, 0) is 24.1 Å². The van der Waals surface area contributed by atoms with Crippen LogP contribution in [-0.4, -0.2) is 36.5 Å². The molecule has 1 aliphatic heterocycles. The first-order valence-corrected chi connectivity index (χ1v) is 10.7. The van der Waals surface area contributed by atoms with E-state index in [4.69, 9.17) is 0 Å². The third kappa shape index (κ3) is 4.97. The van der Waals surface area contributed by atoms with E-state index in [1.165, 1.54) is 29.5 Å². The van der Waals surface area contributed by atoms with Gasteiger partial charge in [0.2, 0.25) is 5.91 Å². The molecule has 0 bridgehead atoms. The third-order valence-corrected chi connectivity index (χ3v) is 6.00. The molecule has 152 valence electrons. The summed E-state index contributed by atoms with van der Waals surface area (Å²) in [5.41, 5.74) is 4.79. The van der Waals surface area contributed by atoms with Crippen LogP contribution in [0.5, 0.6) is 0 Å². The van der Waals surface area contributed by atoms with E-state index < -0.39 is 0 Å². The second kappa shape index (κ2) is 9.12. The molecule has 2 aromatic rings. The first-order valence-electron chi connectivity index (χ1n) is 10.7. The third-order valence-electron chi connectivity index (χ3n) is 6.00. The van der Waals surface area contributed by atoms with Gasteiger partial charge in [-0.25, -0.2) is 4.79 Å². The normalized spacial score (nSPS) is 18.4. The highest BCUT2D eigenvalue weighted by Crippen LogP contribution is 2.27. The smallest absolute Gasteiger partial charge is 0.319 e. The quantitative estimate of drug-likeness (QED) is 0.787. The van der Waals surface area contributed by atoms with Gasteiger partial charge in [-0.2, -0.15) is 0 Å². The van der Waals surface area contributed by atoms with Crippen molar-refractivity contribution in [2.24, 2.45) is 5.92 Å². The Morgan fingerprint density at radius 2 is 1.86 bits per heavy atom. The molecule has 4 rings (SSSR count). The summed E-state index contributed by atoms with van der Waals surface area (Å²) in [4.78, 5) is 26.6. The van der Waals surface area contributed by atoms with Crippen LogP contribution < -0.4 is 10.6 Å². The lowest BCUT2D eigenvalue weighted by molar-refractivity contribution is -0.127. The van der Waals surface area contributed by atoms with Crippen molar-refractivity contribution in [2.45, 2.75) is 38.5 Å². The Balaban J connectivity index is 1.24. The molecule has 2 aromatic carbocycles. The fraction of sp³-hybridized carbons (Fsp3) is 0.417. The lowest BCUT2D eigenvalue weighted by Crippen LogP contribution is -2.34. The molecule has 29 heavy (non-hydrogen) atoms. The van der Waals surface area contributed by atoms with Crippen molar-refractivity contribution < 1.29 is 9.59 Å². The largest absolute Gasteiger partial charge is 0.342 e. The molecule has 5 nitrogen and oxygen atoms in total. The van der Waals surface area contributed by atoms with Crippen molar-refractivity contribution in [1.29, 1.82) is 0 Å². The van der Waals surface area contributed by atoms with Crippen LogP contribution in [0.1, 0.15) is 36.0 Å². The van der Waals surface area contributed by atoms with E-state index >= 15 is 0 Å². The number of hydrogen-bond acceptors (Lipinski definition) is 2. The molecule has 1 fully saturated rings. The fourth-order valence-electron chi connectivity index (χ4n) is 4.42. The maximum Gasteiger partial charge on any atom is 0.319 e. The molecular formula is C24H29N3O2. The molecular weight excluding hydrogens is 362 g/mol. The van der Waals surface area contributed by atoms with Gasteiger partial charge in [-0.05, 0) is 54.9 Å². The molecule has 0 spiro atoms. The van der Waals surface area contributed by atoms with Gasteiger partial charge >= 0.3 is 6.03 Å². The molecule has 1 atom stereocenters. The maximum absolute atomic E-state index is 12.4. The number of carbonyl (C=O) groups excluding carboxylic acids is 2. The standard InChI is InChI=1S/C24H29N3O2/c28-23-15-19(17-27(23)14-13-18-7-2-1-3-8-18)16-25-24(29)26-22-12-6-10-20-9-4-5-11-21(20)22/h1-3,6-8,10,12,19H,4-5,9,11,13-17H2,(H2,25,26,29)/t19-/m1/s1. The zero-order chi connectivity index (χ0) is 20.1. The van der Waals surface area contributed by atoms with Gasteiger partial charge in [-0.3, -0.25) is 4.79 Å². The highest BCUT2D eigenvalue weighted by atomic mass is 16.2. The molecule has 0 aromatic heterocycles. The number of nitrogens with one attached hydrogen (secondary N) is 2. The van der Waals surface area contributed by atoms with Crippen molar-refractivity contribution in [2.75, 3.05) is 25.0 Å². The predicted octanol–water partition coefficient (Wildman–Crippen LogP) is 3.78. The summed E-state index contributed by atoms with van der Waals surface area (Å²) in [5, 5.41) is 5.98. The Kier molecular flexibility index (Phi) is 6.13. The van der Waals surface area contributed by atoms with Crippen LogP contribution in [0.15, 0.2) is 48.5 Å². The van der Waals surface area contributed by atoms with Crippen LogP contribution in [0.25, 0.3) is 0 Å². The number of anilines is 1. The van der Waals surface area contributed by atoms with E-state index in [2.05, 4.69) is 28.8 Å². The predicted molar refractivity (Wildman–Crippen MR) is 115 cm³/mol. The van der Waals surface area contributed by atoms with Gasteiger partial charge in [0.1, 0.15) is 0 Å². The van der Waals surface area contributed by atoms with Crippen molar-refractivity contribution in [3.63, 3.8) is 0 Å². The Hall–Kier alpha value is -2.82. The minimum absolute atomic E-state index is 0.175. The average molecular weight is 392 g/mol. The molecule has 1 saturated heterocycles. The summed E-state index contributed by atoms with van der Waals surface area (Å²) in [6.45, 7) is 1.98. The maximum atomic E-state index is 12.4. The Morgan fingerprint density at radius 3 is 2.72 bits per heavy atom. The topological polar surface area (TPSA) is 61.4 Å². The fourth-order valence-corrected chi connectivity index (χ4v) is 4.42. The molecule has 0 saturated carbocycles. The van der Waals surface area contributed by atoms with E-state index in [1.54, 1.807) is 0 Å². The molecule has 1 aliphatic carbocycles. The second-order valence-corrected chi connectivity index (χ2v) is 8.13. The number of hydrogen-bond donors (Lipinski definition) is 2. The van der Waals surface area contributed by atoms with Crippen molar-refractivity contribution in [3.05, 3.63) is 65.2 Å². The van der Waals surface area contributed by atoms with E-state index in [1.807, 2.05) is 35.2 Å². The number of benzene rings is 2. The Bertz CT molecular complexity index is 866. The SMILES string of the molecule is O=C(NC[C@H]1CC(=O)N(CCc2ccccc2)C1)Nc1cccc2c1CCCC2. The summed E-state index contributed by atoms with van der Waals surface area (Å²) < 4.78 is 0. The first kappa shape index (κ1) is 19.5.